The van der Waals surface area contributed by atoms with E-state index in [4.69, 9.17) is 21.7 Å². The lowest BCUT2D eigenvalue weighted by Gasteiger charge is -2.08. The highest BCUT2D eigenvalue weighted by Crippen LogP contribution is 2.28. The molecule has 0 fully saturated rings. The van der Waals surface area contributed by atoms with Crippen molar-refractivity contribution in [3.05, 3.63) is 58.6 Å². The van der Waals surface area contributed by atoms with Crippen molar-refractivity contribution >= 4 is 24.4 Å². The maximum atomic E-state index is 14.1. The third kappa shape index (κ3) is 4.09. The standard InChI is InChI=1S/C18H15FN4O3S/c1-11(24)26-15-8-7-12(9-16(15)25-2)10-20-23-17(21-22-18(23)27)13-5-3-4-6-14(13)19/h3-10H,1-2H3,(H,22,27)/b20-10-. The van der Waals surface area contributed by atoms with Crippen molar-refractivity contribution in [1.29, 1.82) is 0 Å². The lowest BCUT2D eigenvalue weighted by molar-refractivity contribution is -0.132. The number of hydrogen-bond donors (Lipinski definition) is 1. The molecule has 0 aliphatic heterocycles. The summed E-state index contributed by atoms with van der Waals surface area (Å²) in [5.74, 6) is 0.0375. The van der Waals surface area contributed by atoms with Crippen LogP contribution in [0.15, 0.2) is 47.6 Å². The van der Waals surface area contributed by atoms with Crippen LogP contribution in [0.25, 0.3) is 11.4 Å². The Morgan fingerprint density at radius 1 is 1.30 bits per heavy atom. The predicted molar refractivity (Wildman–Crippen MR) is 100 cm³/mol. The first kappa shape index (κ1) is 18.5. The summed E-state index contributed by atoms with van der Waals surface area (Å²) in [5, 5.41) is 10.9. The van der Waals surface area contributed by atoms with Gasteiger partial charge in [0.2, 0.25) is 4.77 Å². The number of carbonyl (C=O) groups excluding carboxylic acids is 1. The zero-order chi connectivity index (χ0) is 19.4. The molecule has 0 saturated carbocycles. The number of nitrogens with one attached hydrogen (secondary N) is 1. The van der Waals surface area contributed by atoms with Crippen LogP contribution in [0.4, 0.5) is 4.39 Å². The van der Waals surface area contributed by atoms with Crippen molar-refractivity contribution in [3.63, 3.8) is 0 Å². The largest absolute Gasteiger partial charge is 0.493 e. The normalized spacial score (nSPS) is 10.9. The van der Waals surface area contributed by atoms with Crippen molar-refractivity contribution in [3.8, 4) is 22.9 Å². The van der Waals surface area contributed by atoms with Gasteiger partial charge in [0.05, 0.1) is 18.9 Å². The van der Waals surface area contributed by atoms with E-state index in [0.29, 0.717) is 17.1 Å². The van der Waals surface area contributed by atoms with Gasteiger partial charge < -0.3 is 9.47 Å². The van der Waals surface area contributed by atoms with Crippen LogP contribution in [-0.4, -0.2) is 34.2 Å². The van der Waals surface area contributed by atoms with E-state index in [9.17, 15) is 9.18 Å². The first-order valence-electron chi connectivity index (χ1n) is 7.82. The number of carbonyl (C=O) groups is 1. The molecule has 0 saturated heterocycles. The minimum atomic E-state index is -0.450. The Morgan fingerprint density at radius 2 is 2.07 bits per heavy atom. The fourth-order valence-electron chi connectivity index (χ4n) is 2.34. The van der Waals surface area contributed by atoms with Gasteiger partial charge in [-0.1, -0.05) is 12.1 Å². The number of ether oxygens (including phenoxy) is 2. The second-order valence-corrected chi connectivity index (χ2v) is 5.78. The quantitative estimate of drug-likeness (QED) is 0.314. The molecule has 1 heterocycles. The van der Waals surface area contributed by atoms with E-state index >= 15 is 0 Å². The van der Waals surface area contributed by atoms with Gasteiger partial charge in [-0.2, -0.15) is 14.9 Å². The van der Waals surface area contributed by atoms with Gasteiger partial charge in [-0.25, -0.2) is 9.49 Å². The van der Waals surface area contributed by atoms with E-state index in [1.54, 1.807) is 36.4 Å². The molecule has 0 radical (unpaired) electrons. The van der Waals surface area contributed by atoms with Gasteiger partial charge in [-0.05, 0) is 48.1 Å². The minimum Gasteiger partial charge on any atom is -0.493 e. The zero-order valence-corrected chi connectivity index (χ0v) is 15.3. The van der Waals surface area contributed by atoms with Gasteiger partial charge in [0.15, 0.2) is 17.3 Å². The van der Waals surface area contributed by atoms with Crippen molar-refractivity contribution < 1.29 is 18.7 Å². The van der Waals surface area contributed by atoms with Crippen molar-refractivity contribution in [2.24, 2.45) is 5.10 Å². The number of methoxy groups -OCH3 is 1. The smallest absolute Gasteiger partial charge is 0.308 e. The second kappa shape index (κ2) is 7.92. The second-order valence-electron chi connectivity index (χ2n) is 5.39. The summed E-state index contributed by atoms with van der Waals surface area (Å²) in [6, 6.07) is 11.1. The Kier molecular flexibility index (Phi) is 5.41. The van der Waals surface area contributed by atoms with Crippen LogP contribution in [0.1, 0.15) is 12.5 Å². The minimum absolute atomic E-state index is 0.216. The first-order valence-corrected chi connectivity index (χ1v) is 8.23. The van der Waals surface area contributed by atoms with Crippen molar-refractivity contribution in [1.82, 2.24) is 14.9 Å². The van der Waals surface area contributed by atoms with E-state index in [-0.39, 0.29) is 16.2 Å². The Hall–Kier alpha value is -3.33. The summed E-state index contributed by atoms with van der Waals surface area (Å²) in [7, 11) is 1.46. The van der Waals surface area contributed by atoms with Crippen LogP contribution >= 0.6 is 12.2 Å². The molecule has 7 nitrogen and oxygen atoms in total. The van der Waals surface area contributed by atoms with Crippen LogP contribution in [0.2, 0.25) is 0 Å². The number of hydrogen-bond acceptors (Lipinski definition) is 6. The summed E-state index contributed by atoms with van der Waals surface area (Å²) in [4.78, 5) is 11.1. The van der Waals surface area contributed by atoms with Gasteiger partial charge in [0, 0.05) is 6.92 Å². The van der Waals surface area contributed by atoms with Crippen molar-refractivity contribution in [2.75, 3.05) is 7.11 Å². The SMILES string of the molecule is COc1cc(/C=N\n2c(-c3ccccc3F)n[nH]c2=S)ccc1OC(C)=O. The van der Waals surface area contributed by atoms with Gasteiger partial charge in [-0.15, -0.1) is 0 Å². The summed E-state index contributed by atoms with van der Waals surface area (Å²) in [6.07, 6.45) is 1.51. The number of nitrogens with zero attached hydrogens (tertiary/aromatic N) is 3. The number of H-pyrrole nitrogens is 1. The zero-order valence-electron chi connectivity index (χ0n) is 14.5. The fraction of sp³-hybridized carbons (Fsp3) is 0.111. The maximum Gasteiger partial charge on any atom is 0.308 e. The molecule has 0 bridgehead atoms. The highest BCUT2D eigenvalue weighted by atomic mass is 32.1. The average molecular weight is 386 g/mol. The molecule has 1 N–H and O–H groups in total. The van der Waals surface area contributed by atoms with Crippen LogP contribution < -0.4 is 9.47 Å². The molecule has 2 aromatic carbocycles. The summed E-state index contributed by atoms with van der Waals surface area (Å²) >= 11 is 5.17. The summed E-state index contributed by atoms with van der Waals surface area (Å²) in [5.41, 5.74) is 0.926. The van der Waals surface area contributed by atoms with E-state index in [0.717, 1.165) is 0 Å². The lowest BCUT2D eigenvalue weighted by atomic mass is 10.2. The maximum absolute atomic E-state index is 14.1. The number of benzene rings is 2. The molecule has 9 heteroatoms. The molecule has 0 atom stereocenters. The van der Waals surface area contributed by atoms with Crippen LogP contribution in [0, 0.1) is 10.6 Å². The van der Waals surface area contributed by atoms with E-state index in [2.05, 4.69) is 15.3 Å². The molecule has 0 aliphatic carbocycles. The van der Waals surface area contributed by atoms with Crippen LogP contribution in [-0.2, 0) is 4.79 Å². The van der Waals surface area contributed by atoms with E-state index in [1.807, 2.05) is 0 Å². The van der Waals surface area contributed by atoms with Gasteiger partial charge in [0.25, 0.3) is 0 Å². The monoisotopic (exact) mass is 386 g/mol. The van der Waals surface area contributed by atoms with Crippen LogP contribution in [0.3, 0.4) is 0 Å². The lowest BCUT2D eigenvalue weighted by Crippen LogP contribution is -2.03. The average Bonchev–Trinajstić information content (AvgIpc) is 3.01. The molecule has 0 aliphatic rings. The molecule has 1 aromatic heterocycles. The third-order valence-electron chi connectivity index (χ3n) is 3.53. The molecular formula is C18H15FN4O3S. The van der Waals surface area contributed by atoms with E-state index in [1.165, 1.54) is 31.0 Å². The number of aromatic nitrogens is 3. The molecule has 0 unspecified atom stereocenters. The van der Waals surface area contributed by atoms with Gasteiger partial charge in [-0.3, -0.25) is 4.79 Å². The topological polar surface area (TPSA) is 81.5 Å². The molecule has 3 aromatic rings. The van der Waals surface area contributed by atoms with Gasteiger partial charge in [0.1, 0.15) is 5.82 Å². The van der Waals surface area contributed by atoms with Gasteiger partial charge >= 0.3 is 5.97 Å². The molecule has 0 spiro atoms. The fourth-order valence-corrected chi connectivity index (χ4v) is 2.52. The molecule has 0 amide bonds. The number of aromatic amines is 1. The predicted octanol–water partition coefficient (Wildman–Crippen LogP) is 3.56. The first-order chi connectivity index (χ1) is 13.0. The summed E-state index contributed by atoms with van der Waals surface area (Å²) < 4.78 is 25.9. The number of esters is 1. The Morgan fingerprint density at radius 3 is 2.78 bits per heavy atom. The molecule has 138 valence electrons. The highest BCUT2D eigenvalue weighted by Gasteiger charge is 2.12. The van der Waals surface area contributed by atoms with Crippen molar-refractivity contribution in [2.45, 2.75) is 6.92 Å². The molecule has 3 rings (SSSR count). The number of halogens is 1. The molecular weight excluding hydrogens is 371 g/mol. The van der Waals surface area contributed by atoms with Crippen LogP contribution in [0.5, 0.6) is 11.5 Å². The molecule has 27 heavy (non-hydrogen) atoms. The third-order valence-corrected chi connectivity index (χ3v) is 3.79. The Bertz CT molecular complexity index is 1070. The Labute approximate surface area is 159 Å². The number of rotatable bonds is 5. The summed E-state index contributed by atoms with van der Waals surface area (Å²) in [6.45, 7) is 1.31. The Balaban J connectivity index is 1.96. The highest BCUT2D eigenvalue weighted by molar-refractivity contribution is 7.71. The van der Waals surface area contributed by atoms with E-state index < -0.39 is 11.8 Å².